The van der Waals surface area contributed by atoms with Gasteiger partial charge >= 0.3 is 12.1 Å². The quantitative estimate of drug-likeness (QED) is 0.601. The molecule has 0 bridgehead atoms. The summed E-state index contributed by atoms with van der Waals surface area (Å²) in [7, 11) is 0. The predicted molar refractivity (Wildman–Crippen MR) is 93.9 cm³/mol. The lowest BCUT2D eigenvalue weighted by atomic mass is 10.1. The highest BCUT2D eigenvalue weighted by Gasteiger charge is 2.29. The summed E-state index contributed by atoms with van der Waals surface area (Å²) >= 11 is 5.69. The van der Waals surface area contributed by atoms with Gasteiger partial charge in [0.1, 0.15) is 5.82 Å². The molecule has 1 atom stereocenters. The van der Waals surface area contributed by atoms with Crippen LogP contribution in [0.25, 0.3) is 6.08 Å². The molecule has 0 aliphatic rings. The number of pyridine rings is 1. The van der Waals surface area contributed by atoms with Gasteiger partial charge in [-0.3, -0.25) is 4.79 Å². The molecule has 0 aliphatic heterocycles. The number of nitrogens with zero attached hydrogens (tertiary/aromatic N) is 1. The first kappa shape index (κ1) is 20.4. The maximum Gasteiger partial charge on any atom is 0.416 e. The number of alkyl halides is 3. The third-order valence-corrected chi connectivity index (χ3v) is 3.51. The van der Waals surface area contributed by atoms with Gasteiger partial charge in [-0.2, -0.15) is 13.2 Å². The molecule has 142 valence electrons. The average Bonchev–Trinajstić information content (AvgIpc) is 2.61. The number of amides is 1. The normalized spacial score (nSPS) is 12.6. The van der Waals surface area contributed by atoms with Crippen molar-refractivity contribution < 1.29 is 27.5 Å². The predicted octanol–water partition coefficient (Wildman–Crippen LogP) is 4.34. The Hall–Kier alpha value is -2.87. The Morgan fingerprint density at radius 3 is 2.41 bits per heavy atom. The molecule has 0 spiro atoms. The molecule has 0 saturated heterocycles. The van der Waals surface area contributed by atoms with Crippen LogP contribution < -0.4 is 5.32 Å². The van der Waals surface area contributed by atoms with Crippen LogP contribution in [0.5, 0.6) is 0 Å². The number of halogens is 4. The van der Waals surface area contributed by atoms with Crippen molar-refractivity contribution in [1.82, 2.24) is 4.98 Å². The summed E-state index contributed by atoms with van der Waals surface area (Å²) in [5.41, 5.74) is -0.411. The standard InChI is InChI=1S/C18H14ClF3N2O3/c1-11(17(26)24-15-8-7-14(19)10-23-15)27-16(25)9-4-12-2-5-13(6-3-12)18(20,21)22/h2-11H,1H3,(H,23,24,26)/b9-4+/t11-/m1/s1. The molecule has 2 rings (SSSR count). The van der Waals surface area contributed by atoms with E-state index in [-0.39, 0.29) is 5.82 Å². The second kappa shape index (κ2) is 8.68. The lowest BCUT2D eigenvalue weighted by Crippen LogP contribution is -2.29. The van der Waals surface area contributed by atoms with Gasteiger partial charge in [0, 0.05) is 12.3 Å². The molecule has 0 aliphatic carbocycles. The number of rotatable bonds is 5. The van der Waals surface area contributed by atoms with Crippen LogP contribution in [-0.4, -0.2) is 23.0 Å². The van der Waals surface area contributed by atoms with E-state index in [2.05, 4.69) is 10.3 Å². The van der Waals surface area contributed by atoms with Crippen molar-refractivity contribution in [3.63, 3.8) is 0 Å². The molecular formula is C18H14ClF3N2O3. The molecular weight excluding hydrogens is 385 g/mol. The molecule has 2 aromatic rings. The zero-order valence-corrected chi connectivity index (χ0v) is 14.7. The maximum atomic E-state index is 12.5. The topological polar surface area (TPSA) is 68.3 Å². The van der Waals surface area contributed by atoms with Crippen molar-refractivity contribution in [2.75, 3.05) is 5.32 Å². The van der Waals surface area contributed by atoms with E-state index in [0.29, 0.717) is 10.6 Å². The molecule has 5 nitrogen and oxygen atoms in total. The number of hydrogen-bond donors (Lipinski definition) is 1. The van der Waals surface area contributed by atoms with Gasteiger partial charge in [0.25, 0.3) is 5.91 Å². The molecule has 0 fully saturated rings. The SMILES string of the molecule is C[C@@H](OC(=O)/C=C/c1ccc(C(F)(F)F)cc1)C(=O)Nc1ccc(Cl)cn1. The largest absolute Gasteiger partial charge is 0.449 e. The van der Waals surface area contributed by atoms with Gasteiger partial charge in [-0.25, -0.2) is 9.78 Å². The van der Waals surface area contributed by atoms with Gasteiger partial charge in [-0.05, 0) is 42.8 Å². The second-order valence-electron chi connectivity index (χ2n) is 5.38. The van der Waals surface area contributed by atoms with E-state index in [9.17, 15) is 22.8 Å². The van der Waals surface area contributed by atoms with E-state index in [1.54, 1.807) is 0 Å². The Bertz CT molecular complexity index is 834. The van der Waals surface area contributed by atoms with Crippen LogP contribution in [0.3, 0.4) is 0 Å². The highest BCUT2D eigenvalue weighted by Crippen LogP contribution is 2.29. The minimum atomic E-state index is -4.43. The summed E-state index contributed by atoms with van der Waals surface area (Å²) in [6.45, 7) is 1.37. The van der Waals surface area contributed by atoms with Crippen LogP contribution in [0.2, 0.25) is 5.02 Å². The van der Waals surface area contributed by atoms with E-state index < -0.39 is 29.7 Å². The molecule has 1 aromatic heterocycles. The molecule has 1 amide bonds. The van der Waals surface area contributed by atoms with Crippen molar-refractivity contribution in [3.8, 4) is 0 Å². The van der Waals surface area contributed by atoms with Crippen molar-refractivity contribution in [2.45, 2.75) is 19.2 Å². The number of nitrogens with one attached hydrogen (secondary N) is 1. The van der Waals surface area contributed by atoms with Crippen LogP contribution in [0.4, 0.5) is 19.0 Å². The third-order valence-electron chi connectivity index (χ3n) is 3.29. The Balaban J connectivity index is 1.89. The summed E-state index contributed by atoms with van der Waals surface area (Å²) in [6, 6.07) is 7.26. The second-order valence-corrected chi connectivity index (χ2v) is 5.82. The first-order chi connectivity index (χ1) is 12.6. The van der Waals surface area contributed by atoms with Crippen LogP contribution in [0, 0.1) is 0 Å². The smallest absolute Gasteiger partial charge is 0.416 e. The van der Waals surface area contributed by atoms with Gasteiger partial charge in [-0.1, -0.05) is 23.7 Å². The van der Waals surface area contributed by atoms with E-state index in [0.717, 1.165) is 18.2 Å². The molecule has 9 heteroatoms. The van der Waals surface area contributed by atoms with Gasteiger partial charge in [-0.15, -0.1) is 0 Å². The fourth-order valence-electron chi connectivity index (χ4n) is 1.89. The molecule has 1 heterocycles. The van der Waals surface area contributed by atoms with Crippen LogP contribution in [0.1, 0.15) is 18.1 Å². The van der Waals surface area contributed by atoms with Gasteiger partial charge in [0.2, 0.25) is 0 Å². The van der Waals surface area contributed by atoms with Crippen molar-refractivity contribution in [2.24, 2.45) is 0 Å². The fourth-order valence-corrected chi connectivity index (χ4v) is 2.00. The summed E-state index contributed by atoms with van der Waals surface area (Å²) in [4.78, 5) is 27.6. The van der Waals surface area contributed by atoms with Crippen molar-refractivity contribution in [3.05, 3.63) is 64.8 Å². The van der Waals surface area contributed by atoms with Crippen molar-refractivity contribution >= 4 is 35.4 Å². The monoisotopic (exact) mass is 398 g/mol. The number of benzene rings is 1. The molecule has 0 unspecified atom stereocenters. The van der Waals surface area contributed by atoms with E-state index in [1.165, 1.54) is 43.5 Å². The minimum Gasteiger partial charge on any atom is -0.449 e. The van der Waals surface area contributed by atoms with Crippen LogP contribution in [-0.2, 0) is 20.5 Å². The maximum absolute atomic E-state index is 12.5. The Morgan fingerprint density at radius 2 is 1.85 bits per heavy atom. The first-order valence-electron chi connectivity index (χ1n) is 7.63. The molecule has 1 aromatic carbocycles. The number of ether oxygens (including phenoxy) is 1. The summed E-state index contributed by atoms with van der Waals surface area (Å²) in [5, 5.41) is 2.86. The van der Waals surface area contributed by atoms with Gasteiger partial charge in [0.15, 0.2) is 6.10 Å². The fraction of sp³-hybridized carbons (Fsp3) is 0.167. The lowest BCUT2D eigenvalue weighted by molar-refractivity contribution is -0.148. The van der Waals surface area contributed by atoms with Gasteiger partial charge in [0.05, 0.1) is 10.6 Å². The highest BCUT2D eigenvalue weighted by atomic mass is 35.5. The minimum absolute atomic E-state index is 0.243. The van der Waals surface area contributed by atoms with E-state index in [4.69, 9.17) is 16.3 Å². The number of anilines is 1. The average molecular weight is 399 g/mol. The zero-order valence-electron chi connectivity index (χ0n) is 14.0. The molecule has 0 radical (unpaired) electrons. The third kappa shape index (κ3) is 6.41. The number of carbonyl (C=O) groups excluding carboxylic acids is 2. The number of aromatic nitrogens is 1. The van der Waals surface area contributed by atoms with E-state index in [1.807, 2.05) is 0 Å². The van der Waals surface area contributed by atoms with Gasteiger partial charge < -0.3 is 10.1 Å². The molecule has 1 N–H and O–H groups in total. The van der Waals surface area contributed by atoms with Crippen molar-refractivity contribution in [1.29, 1.82) is 0 Å². The number of esters is 1. The number of carbonyl (C=O) groups is 2. The lowest BCUT2D eigenvalue weighted by Gasteiger charge is -2.11. The zero-order chi connectivity index (χ0) is 20.0. The van der Waals surface area contributed by atoms with Crippen LogP contribution in [0.15, 0.2) is 48.7 Å². The Labute approximate surface area is 157 Å². The highest BCUT2D eigenvalue weighted by molar-refractivity contribution is 6.30. The van der Waals surface area contributed by atoms with Crippen LogP contribution >= 0.6 is 11.6 Å². The number of hydrogen-bond acceptors (Lipinski definition) is 4. The first-order valence-corrected chi connectivity index (χ1v) is 8.01. The summed E-state index contributed by atoms with van der Waals surface area (Å²) in [6.07, 6.45) is -1.88. The Morgan fingerprint density at radius 1 is 1.19 bits per heavy atom. The Kier molecular flexibility index (Phi) is 6.57. The summed E-state index contributed by atoms with van der Waals surface area (Å²) < 4.78 is 42.4. The molecule has 0 saturated carbocycles. The summed E-state index contributed by atoms with van der Waals surface area (Å²) in [5.74, 6) is -1.17. The molecule has 27 heavy (non-hydrogen) atoms. The van der Waals surface area contributed by atoms with E-state index >= 15 is 0 Å².